The van der Waals surface area contributed by atoms with E-state index < -0.39 is 5.54 Å². The van der Waals surface area contributed by atoms with Crippen LogP contribution in [-0.4, -0.2) is 29.9 Å². The van der Waals surface area contributed by atoms with Crippen LogP contribution < -0.4 is 5.32 Å². The minimum absolute atomic E-state index is 0.0632. The lowest BCUT2D eigenvalue weighted by Crippen LogP contribution is -2.54. The Hall–Kier alpha value is -1.42. The molecule has 1 heterocycles. The van der Waals surface area contributed by atoms with Gasteiger partial charge in [0.25, 0.3) is 0 Å². The van der Waals surface area contributed by atoms with Gasteiger partial charge in [0.2, 0.25) is 5.91 Å². The predicted molar refractivity (Wildman–Crippen MR) is 77.8 cm³/mol. The Morgan fingerprint density at radius 3 is 2.75 bits per heavy atom. The highest BCUT2D eigenvalue weighted by atomic mass is 19.1. The van der Waals surface area contributed by atoms with E-state index in [1.165, 1.54) is 6.07 Å². The number of benzene rings is 1. The maximum Gasteiger partial charge on any atom is 0.243 e. The highest BCUT2D eigenvalue weighted by Gasteiger charge is 2.42. The average Bonchev–Trinajstić information content (AvgIpc) is 2.95. The number of nitrogens with zero attached hydrogens (tertiary/aromatic N) is 1. The van der Waals surface area contributed by atoms with Crippen molar-refractivity contribution < 1.29 is 9.18 Å². The van der Waals surface area contributed by atoms with Crippen LogP contribution in [0.4, 0.5) is 4.39 Å². The third-order valence-electron chi connectivity index (χ3n) is 4.51. The molecule has 0 aliphatic carbocycles. The molecule has 1 amide bonds. The van der Waals surface area contributed by atoms with Gasteiger partial charge in [-0.05, 0) is 38.8 Å². The molecule has 110 valence electrons. The Morgan fingerprint density at radius 2 is 2.20 bits per heavy atom. The molecule has 1 saturated heterocycles. The summed E-state index contributed by atoms with van der Waals surface area (Å²) in [6, 6.07) is 6.38. The van der Waals surface area contributed by atoms with E-state index in [0.29, 0.717) is 5.56 Å². The number of likely N-dealkylation sites (N-methyl/N-ethyl adjacent to an activating group) is 1. The summed E-state index contributed by atoms with van der Waals surface area (Å²) in [4.78, 5) is 14.4. The second-order valence-electron chi connectivity index (χ2n) is 5.58. The third kappa shape index (κ3) is 2.57. The summed E-state index contributed by atoms with van der Waals surface area (Å²) in [6.45, 7) is 4.77. The van der Waals surface area contributed by atoms with Gasteiger partial charge in [-0.3, -0.25) is 4.79 Å². The number of hydrogen-bond acceptors (Lipinski definition) is 2. The van der Waals surface area contributed by atoms with Crippen LogP contribution >= 0.6 is 0 Å². The third-order valence-corrected chi connectivity index (χ3v) is 4.51. The first-order valence-corrected chi connectivity index (χ1v) is 7.28. The summed E-state index contributed by atoms with van der Waals surface area (Å²) in [5.74, 6) is -0.196. The lowest BCUT2D eigenvalue weighted by atomic mass is 9.91. The van der Waals surface area contributed by atoms with E-state index in [1.807, 2.05) is 13.8 Å². The highest BCUT2D eigenvalue weighted by Crippen LogP contribution is 2.29. The predicted octanol–water partition coefficient (Wildman–Crippen LogP) is 2.88. The van der Waals surface area contributed by atoms with Gasteiger partial charge < -0.3 is 10.2 Å². The normalized spacial score (nSPS) is 23.6. The molecule has 2 atom stereocenters. The number of rotatable bonds is 4. The number of halogens is 1. The molecule has 0 bridgehead atoms. The minimum atomic E-state index is -0.464. The summed E-state index contributed by atoms with van der Waals surface area (Å²) < 4.78 is 13.9. The Bertz CT molecular complexity index is 483. The Balaban J connectivity index is 2.20. The zero-order chi connectivity index (χ0) is 14.8. The standard InChI is InChI=1S/C16H23FN2O/c1-4-16(10-7-11-18-16)15(20)19(3)12(2)13-8-5-6-9-14(13)17/h5-6,8-9,12,18H,4,7,10-11H2,1-3H3. The second kappa shape index (κ2) is 5.92. The first-order chi connectivity index (χ1) is 9.52. The number of carbonyl (C=O) groups is 1. The van der Waals surface area contributed by atoms with E-state index in [2.05, 4.69) is 5.32 Å². The topological polar surface area (TPSA) is 32.3 Å². The zero-order valence-electron chi connectivity index (χ0n) is 12.4. The quantitative estimate of drug-likeness (QED) is 0.918. The lowest BCUT2D eigenvalue weighted by molar-refractivity contribution is -0.138. The first kappa shape index (κ1) is 15.0. The van der Waals surface area contributed by atoms with Crippen molar-refractivity contribution in [2.24, 2.45) is 0 Å². The molecule has 0 aromatic heterocycles. The van der Waals surface area contributed by atoms with Crippen molar-refractivity contribution in [3.63, 3.8) is 0 Å². The van der Waals surface area contributed by atoms with E-state index in [-0.39, 0.29) is 17.8 Å². The smallest absolute Gasteiger partial charge is 0.243 e. The van der Waals surface area contributed by atoms with Gasteiger partial charge in [0.05, 0.1) is 11.6 Å². The number of carbonyl (C=O) groups excluding carboxylic acids is 1. The molecule has 0 spiro atoms. The van der Waals surface area contributed by atoms with Crippen molar-refractivity contribution >= 4 is 5.91 Å². The van der Waals surface area contributed by atoms with E-state index in [9.17, 15) is 9.18 Å². The SMILES string of the molecule is CCC1(C(=O)N(C)C(C)c2ccccc2F)CCCN1. The molecule has 4 heteroatoms. The number of amides is 1. The largest absolute Gasteiger partial charge is 0.337 e. The van der Waals surface area contributed by atoms with Crippen LogP contribution in [0.25, 0.3) is 0 Å². The summed E-state index contributed by atoms with van der Waals surface area (Å²) in [7, 11) is 1.76. The molecule has 1 aromatic rings. The average molecular weight is 278 g/mol. The monoisotopic (exact) mass is 278 g/mol. The van der Waals surface area contributed by atoms with Gasteiger partial charge >= 0.3 is 0 Å². The molecule has 3 nitrogen and oxygen atoms in total. The molecule has 20 heavy (non-hydrogen) atoms. The summed E-state index contributed by atoms with van der Waals surface area (Å²) in [5.41, 5.74) is 0.0986. The van der Waals surface area contributed by atoms with Crippen molar-refractivity contribution in [3.05, 3.63) is 35.6 Å². The van der Waals surface area contributed by atoms with E-state index in [0.717, 1.165) is 25.8 Å². The molecule has 2 unspecified atom stereocenters. The van der Waals surface area contributed by atoms with E-state index >= 15 is 0 Å². The Kier molecular flexibility index (Phi) is 4.43. The summed E-state index contributed by atoms with van der Waals surface area (Å²) >= 11 is 0. The fourth-order valence-electron chi connectivity index (χ4n) is 2.98. The lowest BCUT2D eigenvalue weighted by Gasteiger charge is -2.35. The molecule has 1 fully saturated rings. The van der Waals surface area contributed by atoms with Crippen LogP contribution in [0.15, 0.2) is 24.3 Å². The van der Waals surface area contributed by atoms with Gasteiger partial charge in [0, 0.05) is 12.6 Å². The van der Waals surface area contributed by atoms with Crippen LogP contribution in [0.5, 0.6) is 0 Å². The molecular weight excluding hydrogens is 255 g/mol. The fourth-order valence-corrected chi connectivity index (χ4v) is 2.98. The van der Waals surface area contributed by atoms with E-state index in [4.69, 9.17) is 0 Å². The maximum absolute atomic E-state index is 13.9. The zero-order valence-corrected chi connectivity index (χ0v) is 12.4. The van der Waals surface area contributed by atoms with Crippen molar-refractivity contribution in [2.45, 2.75) is 44.7 Å². The molecule has 1 aliphatic rings. The minimum Gasteiger partial charge on any atom is -0.337 e. The number of nitrogens with one attached hydrogen (secondary N) is 1. The second-order valence-corrected chi connectivity index (χ2v) is 5.58. The highest BCUT2D eigenvalue weighted by molar-refractivity contribution is 5.86. The molecule has 1 aromatic carbocycles. The molecule has 1 N–H and O–H groups in total. The summed E-state index contributed by atoms with van der Waals surface area (Å²) in [5, 5.41) is 3.34. The molecular formula is C16H23FN2O. The molecule has 1 aliphatic heterocycles. The molecule has 0 radical (unpaired) electrons. The van der Waals surface area contributed by atoms with Gasteiger partial charge in [-0.15, -0.1) is 0 Å². The van der Waals surface area contributed by atoms with Crippen LogP contribution in [0.2, 0.25) is 0 Å². The maximum atomic E-state index is 13.9. The molecule has 2 rings (SSSR count). The van der Waals surface area contributed by atoms with Gasteiger partial charge in [-0.2, -0.15) is 0 Å². The van der Waals surface area contributed by atoms with Gasteiger partial charge in [-0.1, -0.05) is 25.1 Å². The van der Waals surface area contributed by atoms with Gasteiger partial charge in [-0.25, -0.2) is 4.39 Å². The van der Waals surface area contributed by atoms with Crippen LogP contribution in [0.3, 0.4) is 0 Å². The number of hydrogen-bond donors (Lipinski definition) is 1. The summed E-state index contributed by atoms with van der Waals surface area (Å²) in [6.07, 6.45) is 2.64. The van der Waals surface area contributed by atoms with Crippen molar-refractivity contribution in [1.82, 2.24) is 10.2 Å². The van der Waals surface area contributed by atoms with Gasteiger partial charge in [0.1, 0.15) is 5.82 Å². The Morgan fingerprint density at radius 1 is 1.50 bits per heavy atom. The van der Waals surface area contributed by atoms with Crippen LogP contribution in [0.1, 0.15) is 44.7 Å². The fraction of sp³-hybridized carbons (Fsp3) is 0.562. The first-order valence-electron chi connectivity index (χ1n) is 7.28. The van der Waals surface area contributed by atoms with Crippen molar-refractivity contribution in [3.8, 4) is 0 Å². The molecule has 0 saturated carbocycles. The van der Waals surface area contributed by atoms with Crippen molar-refractivity contribution in [2.75, 3.05) is 13.6 Å². The van der Waals surface area contributed by atoms with Gasteiger partial charge in [0.15, 0.2) is 0 Å². The van der Waals surface area contributed by atoms with Crippen molar-refractivity contribution in [1.29, 1.82) is 0 Å². The van der Waals surface area contributed by atoms with Crippen LogP contribution in [-0.2, 0) is 4.79 Å². The van der Waals surface area contributed by atoms with Crippen LogP contribution in [0, 0.1) is 5.82 Å². The Labute approximate surface area is 120 Å². The van der Waals surface area contributed by atoms with E-state index in [1.54, 1.807) is 30.1 Å².